The van der Waals surface area contributed by atoms with Gasteiger partial charge in [0.1, 0.15) is 6.17 Å². The Hall–Kier alpha value is -0.410. The van der Waals surface area contributed by atoms with Crippen molar-refractivity contribution < 1.29 is 13.9 Å². The van der Waals surface area contributed by atoms with E-state index in [1.165, 1.54) is 0 Å². The Bertz CT molecular complexity index is 170. The first-order valence-corrected chi connectivity index (χ1v) is 4.65. The molecule has 0 aromatic heterocycles. The standard InChI is InChI=1S/C10H17FO2/c1-8-3-4-10(9(11)7-8)13-6-5-12-2/h9-10H,1,3-7H2,2H3. The third-order valence-electron chi connectivity index (χ3n) is 2.29. The lowest BCUT2D eigenvalue weighted by Gasteiger charge is -2.27. The molecule has 2 nitrogen and oxygen atoms in total. The molecule has 13 heavy (non-hydrogen) atoms. The largest absolute Gasteiger partial charge is 0.382 e. The summed E-state index contributed by atoms with van der Waals surface area (Å²) in [4.78, 5) is 0. The Kier molecular flexibility index (Phi) is 4.39. The van der Waals surface area contributed by atoms with Crippen LogP contribution in [0.25, 0.3) is 0 Å². The minimum absolute atomic E-state index is 0.249. The molecule has 0 aromatic carbocycles. The van der Waals surface area contributed by atoms with E-state index in [9.17, 15) is 4.39 Å². The van der Waals surface area contributed by atoms with Crippen LogP contribution in [0.1, 0.15) is 19.3 Å². The van der Waals surface area contributed by atoms with Crippen molar-refractivity contribution in [1.29, 1.82) is 0 Å². The zero-order valence-electron chi connectivity index (χ0n) is 8.09. The minimum Gasteiger partial charge on any atom is -0.382 e. The predicted molar refractivity (Wildman–Crippen MR) is 49.5 cm³/mol. The zero-order chi connectivity index (χ0) is 9.68. The second-order valence-electron chi connectivity index (χ2n) is 3.41. The fraction of sp³-hybridized carbons (Fsp3) is 0.800. The maximum Gasteiger partial charge on any atom is 0.130 e. The van der Waals surface area contributed by atoms with Gasteiger partial charge >= 0.3 is 0 Å². The van der Waals surface area contributed by atoms with Crippen molar-refractivity contribution in [2.75, 3.05) is 20.3 Å². The van der Waals surface area contributed by atoms with Crippen molar-refractivity contribution in [1.82, 2.24) is 0 Å². The molecule has 1 aliphatic carbocycles. The van der Waals surface area contributed by atoms with Gasteiger partial charge in [-0.15, -0.1) is 0 Å². The van der Waals surface area contributed by atoms with E-state index >= 15 is 0 Å². The van der Waals surface area contributed by atoms with E-state index in [1.54, 1.807) is 7.11 Å². The normalized spacial score (nSPS) is 29.2. The summed E-state index contributed by atoms with van der Waals surface area (Å²) in [5.74, 6) is 0. The van der Waals surface area contributed by atoms with Gasteiger partial charge in [-0.2, -0.15) is 0 Å². The summed E-state index contributed by atoms with van der Waals surface area (Å²) in [7, 11) is 1.61. The number of hydrogen-bond acceptors (Lipinski definition) is 2. The van der Waals surface area contributed by atoms with Crippen LogP contribution in [-0.4, -0.2) is 32.6 Å². The lowest BCUT2D eigenvalue weighted by Crippen LogP contribution is -2.30. The van der Waals surface area contributed by atoms with Gasteiger partial charge in [0.2, 0.25) is 0 Å². The molecule has 0 heterocycles. The molecule has 2 atom stereocenters. The molecule has 0 spiro atoms. The van der Waals surface area contributed by atoms with Crippen molar-refractivity contribution in [2.45, 2.75) is 31.5 Å². The van der Waals surface area contributed by atoms with Gasteiger partial charge in [-0.05, 0) is 12.8 Å². The number of allylic oxidation sites excluding steroid dienone is 1. The van der Waals surface area contributed by atoms with E-state index in [2.05, 4.69) is 6.58 Å². The van der Waals surface area contributed by atoms with E-state index in [0.717, 1.165) is 18.4 Å². The maximum atomic E-state index is 13.3. The average Bonchev–Trinajstić information content (AvgIpc) is 2.09. The molecular weight excluding hydrogens is 171 g/mol. The molecule has 1 rings (SSSR count). The third-order valence-corrected chi connectivity index (χ3v) is 2.29. The van der Waals surface area contributed by atoms with Gasteiger partial charge in [0.15, 0.2) is 0 Å². The highest BCUT2D eigenvalue weighted by atomic mass is 19.1. The number of ether oxygens (including phenoxy) is 2. The maximum absolute atomic E-state index is 13.3. The molecule has 1 aliphatic rings. The van der Waals surface area contributed by atoms with Crippen molar-refractivity contribution in [3.63, 3.8) is 0 Å². The second-order valence-corrected chi connectivity index (χ2v) is 3.41. The van der Waals surface area contributed by atoms with Gasteiger partial charge in [0.25, 0.3) is 0 Å². The third kappa shape index (κ3) is 3.44. The molecule has 1 saturated carbocycles. The summed E-state index contributed by atoms with van der Waals surface area (Å²) in [5.41, 5.74) is 0.999. The summed E-state index contributed by atoms with van der Waals surface area (Å²) in [5, 5.41) is 0. The first kappa shape index (κ1) is 10.7. The lowest BCUT2D eigenvalue weighted by molar-refractivity contribution is -0.0338. The SMILES string of the molecule is C=C1CCC(OCCOC)C(F)C1. The Morgan fingerprint density at radius 3 is 2.92 bits per heavy atom. The number of methoxy groups -OCH3 is 1. The number of halogens is 1. The first-order valence-electron chi connectivity index (χ1n) is 4.65. The second kappa shape index (κ2) is 5.35. The topological polar surface area (TPSA) is 18.5 Å². The molecule has 0 radical (unpaired) electrons. The highest BCUT2D eigenvalue weighted by Crippen LogP contribution is 2.26. The molecule has 0 saturated heterocycles. The highest BCUT2D eigenvalue weighted by Gasteiger charge is 2.26. The molecule has 0 aliphatic heterocycles. The summed E-state index contributed by atoms with van der Waals surface area (Å²) in [6.45, 7) is 4.79. The Labute approximate surface area is 78.7 Å². The molecular formula is C10H17FO2. The smallest absolute Gasteiger partial charge is 0.130 e. The predicted octanol–water partition coefficient (Wildman–Crippen LogP) is 2.10. The first-order chi connectivity index (χ1) is 6.24. The van der Waals surface area contributed by atoms with E-state index < -0.39 is 6.17 Å². The minimum atomic E-state index is -0.877. The molecule has 3 heteroatoms. The van der Waals surface area contributed by atoms with Crippen molar-refractivity contribution in [2.24, 2.45) is 0 Å². The van der Waals surface area contributed by atoms with Crippen LogP contribution >= 0.6 is 0 Å². The Balaban J connectivity index is 2.21. The van der Waals surface area contributed by atoms with Crippen LogP contribution in [0.2, 0.25) is 0 Å². The fourth-order valence-electron chi connectivity index (χ4n) is 1.51. The van der Waals surface area contributed by atoms with Crippen LogP contribution in [-0.2, 0) is 9.47 Å². The van der Waals surface area contributed by atoms with Crippen molar-refractivity contribution >= 4 is 0 Å². The van der Waals surface area contributed by atoms with Gasteiger partial charge in [0, 0.05) is 13.5 Å². The van der Waals surface area contributed by atoms with Gasteiger partial charge in [-0.25, -0.2) is 4.39 Å². The molecule has 1 fully saturated rings. The van der Waals surface area contributed by atoms with Gasteiger partial charge in [-0.1, -0.05) is 12.2 Å². The highest BCUT2D eigenvalue weighted by molar-refractivity contribution is 5.02. The van der Waals surface area contributed by atoms with Gasteiger partial charge in [-0.3, -0.25) is 0 Å². The van der Waals surface area contributed by atoms with E-state index in [4.69, 9.17) is 9.47 Å². The lowest BCUT2D eigenvalue weighted by atomic mass is 9.92. The van der Waals surface area contributed by atoms with E-state index in [1.807, 2.05) is 0 Å². The number of rotatable bonds is 4. The van der Waals surface area contributed by atoms with E-state index in [-0.39, 0.29) is 6.10 Å². The molecule has 2 unspecified atom stereocenters. The molecule has 76 valence electrons. The van der Waals surface area contributed by atoms with Crippen LogP contribution in [0.5, 0.6) is 0 Å². The van der Waals surface area contributed by atoms with Gasteiger partial charge < -0.3 is 9.47 Å². The van der Waals surface area contributed by atoms with Crippen LogP contribution < -0.4 is 0 Å². The molecule has 0 N–H and O–H groups in total. The Morgan fingerprint density at radius 1 is 1.54 bits per heavy atom. The van der Waals surface area contributed by atoms with Crippen LogP contribution in [0.3, 0.4) is 0 Å². The van der Waals surface area contributed by atoms with Crippen molar-refractivity contribution in [3.05, 3.63) is 12.2 Å². The van der Waals surface area contributed by atoms with Crippen LogP contribution in [0.4, 0.5) is 4.39 Å². The van der Waals surface area contributed by atoms with Crippen molar-refractivity contribution in [3.8, 4) is 0 Å². The quantitative estimate of drug-likeness (QED) is 0.497. The molecule has 0 bridgehead atoms. The average molecular weight is 188 g/mol. The summed E-state index contributed by atoms with van der Waals surface area (Å²) in [6, 6.07) is 0. The summed E-state index contributed by atoms with van der Waals surface area (Å²) >= 11 is 0. The number of alkyl halides is 1. The molecule has 0 aromatic rings. The summed E-state index contributed by atoms with van der Waals surface area (Å²) in [6.07, 6.45) is 0.971. The summed E-state index contributed by atoms with van der Waals surface area (Å²) < 4.78 is 23.5. The van der Waals surface area contributed by atoms with Gasteiger partial charge in [0.05, 0.1) is 19.3 Å². The molecule has 0 amide bonds. The fourth-order valence-corrected chi connectivity index (χ4v) is 1.51. The van der Waals surface area contributed by atoms with Crippen LogP contribution in [0.15, 0.2) is 12.2 Å². The number of hydrogen-bond donors (Lipinski definition) is 0. The van der Waals surface area contributed by atoms with Crippen LogP contribution in [0, 0.1) is 0 Å². The monoisotopic (exact) mass is 188 g/mol. The van der Waals surface area contributed by atoms with E-state index in [0.29, 0.717) is 19.6 Å². The Morgan fingerprint density at radius 2 is 2.31 bits per heavy atom. The zero-order valence-corrected chi connectivity index (χ0v) is 8.09.